The number of aromatic nitrogens is 2. The first-order valence-electron chi connectivity index (χ1n) is 5.91. The number of nitrogens with one attached hydrogen (secondary N) is 1. The predicted molar refractivity (Wildman–Crippen MR) is 65.9 cm³/mol. The number of rotatable bonds is 4. The van der Waals surface area contributed by atoms with Crippen LogP contribution in [0.3, 0.4) is 0 Å². The third-order valence-electron chi connectivity index (χ3n) is 2.73. The minimum atomic E-state index is -1.46. The highest BCUT2D eigenvalue weighted by Gasteiger charge is 2.16. The summed E-state index contributed by atoms with van der Waals surface area (Å²) in [5.41, 5.74) is 1.47. The molecule has 19 heavy (non-hydrogen) atoms. The van der Waals surface area contributed by atoms with E-state index in [1.54, 1.807) is 17.9 Å². The molecule has 0 amide bonds. The van der Waals surface area contributed by atoms with E-state index in [2.05, 4.69) is 10.4 Å². The number of nitrogens with zero attached hydrogens (tertiary/aromatic N) is 2. The Bertz CT molecular complexity index is 570. The standard InChI is InChI=1S/C13H14F3N3/c1-3-17-6-9-7-19(2)18-13(9)8-4-10(14)12(16)11(15)5-8/h4-5,7,17H,3,6H2,1-2H3. The molecule has 102 valence electrons. The molecule has 1 N–H and O–H groups in total. The van der Waals surface area contributed by atoms with Crippen molar-refractivity contribution in [3.05, 3.63) is 41.3 Å². The van der Waals surface area contributed by atoms with E-state index in [-0.39, 0.29) is 5.56 Å². The maximum atomic E-state index is 13.3. The van der Waals surface area contributed by atoms with Gasteiger partial charge in [-0.25, -0.2) is 13.2 Å². The van der Waals surface area contributed by atoms with Crippen LogP contribution in [0.1, 0.15) is 12.5 Å². The Hall–Kier alpha value is -1.82. The first-order chi connectivity index (χ1) is 9.02. The first-order valence-corrected chi connectivity index (χ1v) is 5.91. The van der Waals surface area contributed by atoms with E-state index in [4.69, 9.17) is 0 Å². The molecule has 1 aromatic carbocycles. The molecule has 0 aliphatic heterocycles. The van der Waals surface area contributed by atoms with Gasteiger partial charge < -0.3 is 5.32 Å². The third-order valence-corrected chi connectivity index (χ3v) is 2.73. The molecule has 0 saturated heterocycles. The Morgan fingerprint density at radius 1 is 1.21 bits per heavy atom. The lowest BCUT2D eigenvalue weighted by Gasteiger charge is -2.04. The van der Waals surface area contributed by atoms with E-state index in [1.807, 2.05) is 6.92 Å². The number of aryl methyl sites for hydroxylation is 1. The highest BCUT2D eigenvalue weighted by molar-refractivity contribution is 5.63. The summed E-state index contributed by atoms with van der Waals surface area (Å²) in [5.74, 6) is -3.89. The maximum absolute atomic E-state index is 13.3. The van der Waals surface area contributed by atoms with Crippen LogP contribution in [-0.4, -0.2) is 16.3 Å². The van der Waals surface area contributed by atoms with Crippen molar-refractivity contribution < 1.29 is 13.2 Å². The van der Waals surface area contributed by atoms with Gasteiger partial charge in [-0.15, -0.1) is 0 Å². The average molecular weight is 269 g/mol. The molecule has 0 radical (unpaired) electrons. The second-order valence-electron chi connectivity index (χ2n) is 4.21. The molecule has 0 aliphatic rings. The van der Waals surface area contributed by atoms with Crippen LogP contribution in [-0.2, 0) is 13.6 Å². The Labute approximate surface area is 109 Å². The normalized spacial score (nSPS) is 11.0. The summed E-state index contributed by atoms with van der Waals surface area (Å²) in [6, 6.07) is 1.91. The fraction of sp³-hybridized carbons (Fsp3) is 0.308. The summed E-state index contributed by atoms with van der Waals surface area (Å²) >= 11 is 0. The highest BCUT2D eigenvalue weighted by atomic mass is 19.2. The van der Waals surface area contributed by atoms with E-state index in [0.717, 1.165) is 24.2 Å². The number of hydrogen-bond donors (Lipinski definition) is 1. The molecule has 6 heteroatoms. The molecule has 0 aliphatic carbocycles. The van der Waals surface area contributed by atoms with Gasteiger partial charge in [-0.3, -0.25) is 4.68 Å². The summed E-state index contributed by atoms with van der Waals surface area (Å²) in [5, 5.41) is 7.28. The van der Waals surface area contributed by atoms with E-state index >= 15 is 0 Å². The molecule has 0 fully saturated rings. The van der Waals surface area contributed by atoms with Crippen LogP contribution in [0.2, 0.25) is 0 Å². The van der Waals surface area contributed by atoms with Crippen LogP contribution in [0.4, 0.5) is 13.2 Å². The zero-order chi connectivity index (χ0) is 14.0. The van der Waals surface area contributed by atoms with Crippen LogP contribution in [0, 0.1) is 17.5 Å². The molecular weight excluding hydrogens is 255 g/mol. The maximum Gasteiger partial charge on any atom is 0.194 e. The van der Waals surface area contributed by atoms with Crippen molar-refractivity contribution in [2.45, 2.75) is 13.5 Å². The van der Waals surface area contributed by atoms with E-state index < -0.39 is 17.5 Å². The van der Waals surface area contributed by atoms with E-state index in [9.17, 15) is 13.2 Å². The summed E-state index contributed by atoms with van der Waals surface area (Å²) in [6.45, 7) is 3.24. The molecule has 1 heterocycles. The quantitative estimate of drug-likeness (QED) is 0.865. The van der Waals surface area contributed by atoms with Crippen molar-refractivity contribution in [3.63, 3.8) is 0 Å². The summed E-state index contributed by atoms with van der Waals surface area (Å²) < 4.78 is 41.0. The number of hydrogen-bond acceptors (Lipinski definition) is 2. The van der Waals surface area contributed by atoms with Crippen molar-refractivity contribution in [2.24, 2.45) is 7.05 Å². The third kappa shape index (κ3) is 2.78. The van der Waals surface area contributed by atoms with Gasteiger partial charge in [0.2, 0.25) is 0 Å². The fourth-order valence-corrected chi connectivity index (χ4v) is 1.86. The van der Waals surface area contributed by atoms with Gasteiger partial charge in [0.05, 0.1) is 5.69 Å². The molecule has 0 unspecified atom stereocenters. The van der Waals surface area contributed by atoms with Crippen LogP contribution in [0.25, 0.3) is 11.3 Å². The molecule has 2 rings (SSSR count). The van der Waals surface area contributed by atoms with Gasteiger partial charge in [-0.2, -0.15) is 5.10 Å². The second-order valence-corrected chi connectivity index (χ2v) is 4.21. The van der Waals surface area contributed by atoms with Crippen molar-refractivity contribution in [1.29, 1.82) is 0 Å². The number of benzene rings is 1. The summed E-state index contributed by atoms with van der Waals surface area (Å²) in [4.78, 5) is 0. The molecule has 0 spiro atoms. The lowest BCUT2D eigenvalue weighted by molar-refractivity contribution is 0.447. The van der Waals surface area contributed by atoms with Gasteiger partial charge in [0.15, 0.2) is 17.5 Å². The Morgan fingerprint density at radius 3 is 2.42 bits per heavy atom. The zero-order valence-corrected chi connectivity index (χ0v) is 10.7. The molecule has 0 bridgehead atoms. The SMILES string of the molecule is CCNCc1cn(C)nc1-c1cc(F)c(F)c(F)c1. The Kier molecular flexibility index (Phi) is 3.90. The van der Waals surface area contributed by atoms with E-state index in [1.165, 1.54) is 0 Å². The highest BCUT2D eigenvalue weighted by Crippen LogP contribution is 2.25. The average Bonchev–Trinajstić information content (AvgIpc) is 2.74. The lowest BCUT2D eigenvalue weighted by Crippen LogP contribution is -2.11. The van der Waals surface area contributed by atoms with Crippen molar-refractivity contribution in [3.8, 4) is 11.3 Å². The molecule has 2 aromatic rings. The minimum Gasteiger partial charge on any atom is -0.313 e. The van der Waals surface area contributed by atoms with Crippen LogP contribution < -0.4 is 5.32 Å². The topological polar surface area (TPSA) is 29.9 Å². The fourth-order valence-electron chi connectivity index (χ4n) is 1.86. The van der Waals surface area contributed by atoms with Gasteiger partial charge in [0.25, 0.3) is 0 Å². The summed E-state index contributed by atoms with van der Waals surface area (Å²) in [6.07, 6.45) is 1.76. The largest absolute Gasteiger partial charge is 0.313 e. The van der Waals surface area contributed by atoms with Crippen molar-refractivity contribution in [1.82, 2.24) is 15.1 Å². The molecule has 0 saturated carbocycles. The smallest absolute Gasteiger partial charge is 0.194 e. The van der Waals surface area contributed by atoms with Gasteiger partial charge in [0.1, 0.15) is 0 Å². The van der Waals surface area contributed by atoms with Crippen LogP contribution >= 0.6 is 0 Å². The van der Waals surface area contributed by atoms with Gasteiger partial charge >= 0.3 is 0 Å². The number of halogens is 3. The molecular formula is C13H14F3N3. The van der Waals surface area contributed by atoms with Crippen molar-refractivity contribution >= 4 is 0 Å². The van der Waals surface area contributed by atoms with E-state index in [0.29, 0.717) is 12.2 Å². The van der Waals surface area contributed by atoms with Crippen molar-refractivity contribution in [2.75, 3.05) is 6.54 Å². The lowest BCUT2D eigenvalue weighted by atomic mass is 10.1. The van der Waals surface area contributed by atoms with Crippen LogP contribution in [0.5, 0.6) is 0 Å². The first kappa shape index (κ1) is 13.6. The Morgan fingerprint density at radius 2 is 1.84 bits per heavy atom. The Balaban J connectivity index is 2.46. The molecule has 3 nitrogen and oxygen atoms in total. The molecule has 0 atom stereocenters. The van der Waals surface area contributed by atoms with Gasteiger partial charge in [0, 0.05) is 30.9 Å². The second kappa shape index (κ2) is 5.44. The van der Waals surface area contributed by atoms with Gasteiger partial charge in [-0.1, -0.05) is 6.92 Å². The zero-order valence-electron chi connectivity index (χ0n) is 10.7. The van der Waals surface area contributed by atoms with Gasteiger partial charge in [-0.05, 0) is 18.7 Å². The molecule has 1 aromatic heterocycles. The predicted octanol–water partition coefficient (Wildman–Crippen LogP) is 2.61. The van der Waals surface area contributed by atoms with Crippen LogP contribution in [0.15, 0.2) is 18.3 Å². The summed E-state index contributed by atoms with van der Waals surface area (Å²) in [7, 11) is 1.72. The minimum absolute atomic E-state index is 0.227. The monoisotopic (exact) mass is 269 g/mol.